The number of non-ortho nitro benzene ring substituents is 1. The van der Waals surface area contributed by atoms with Gasteiger partial charge in [-0.25, -0.2) is 4.99 Å². The number of para-hydroxylation sites is 2. The second-order valence-electron chi connectivity index (χ2n) is 5.98. The number of carbonyl (C=O) groups is 1. The molecule has 1 aliphatic rings. The van der Waals surface area contributed by atoms with Crippen molar-refractivity contribution >= 4 is 28.7 Å². The number of nitrogens with zero attached hydrogens (tertiary/aromatic N) is 2. The molecule has 1 heterocycles. The third-order valence-electron chi connectivity index (χ3n) is 4.29. The van der Waals surface area contributed by atoms with Crippen molar-refractivity contribution in [3.8, 4) is 0 Å². The summed E-state index contributed by atoms with van der Waals surface area (Å²) in [5.41, 5.74) is -0.973. The molecule has 0 saturated heterocycles. The average molecular weight is 393 g/mol. The second kappa shape index (κ2) is 7.29. The van der Waals surface area contributed by atoms with Gasteiger partial charge in [-0.05, 0) is 17.7 Å². The Kier molecular flexibility index (Phi) is 5.04. The number of hydrogen-bond acceptors (Lipinski definition) is 6. The maximum atomic E-state index is 13.8. The van der Waals surface area contributed by atoms with Crippen molar-refractivity contribution in [3.63, 3.8) is 0 Å². The lowest BCUT2D eigenvalue weighted by Crippen LogP contribution is -2.41. The lowest BCUT2D eigenvalue weighted by Gasteiger charge is -2.27. The molecule has 7 nitrogen and oxygen atoms in total. The molecule has 0 spiro atoms. The number of ether oxygens (including phenoxy) is 1. The molecule has 2 aromatic carbocycles. The monoisotopic (exact) mass is 393 g/mol. The number of carbonyl (C=O) groups excluding carboxylic acids is 1. The summed E-state index contributed by atoms with van der Waals surface area (Å²) >= 11 is 0. The van der Waals surface area contributed by atoms with Crippen molar-refractivity contribution in [1.82, 2.24) is 0 Å². The van der Waals surface area contributed by atoms with Crippen LogP contribution in [0.1, 0.15) is 11.6 Å². The van der Waals surface area contributed by atoms with E-state index in [2.05, 4.69) is 15.0 Å². The van der Waals surface area contributed by atoms with Gasteiger partial charge in [0.15, 0.2) is 0 Å². The maximum Gasteiger partial charge on any atom is 0.430 e. The molecule has 28 heavy (non-hydrogen) atoms. The molecule has 2 aromatic rings. The highest BCUT2D eigenvalue weighted by Crippen LogP contribution is 2.41. The Hall–Kier alpha value is -3.43. The van der Waals surface area contributed by atoms with Crippen LogP contribution in [0.3, 0.4) is 0 Å². The van der Waals surface area contributed by atoms with Gasteiger partial charge in [-0.3, -0.25) is 14.9 Å². The molecule has 0 amide bonds. The van der Waals surface area contributed by atoms with E-state index in [1.54, 1.807) is 6.07 Å². The van der Waals surface area contributed by atoms with Gasteiger partial charge in [0, 0.05) is 12.1 Å². The quantitative estimate of drug-likeness (QED) is 0.480. The Bertz CT molecular complexity index is 942. The third kappa shape index (κ3) is 3.66. The minimum Gasteiger partial charge on any atom is -0.468 e. The first kappa shape index (κ1) is 19.3. The van der Waals surface area contributed by atoms with Crippen LogP contribution in [0.5, 0.6) is 0 Å². The minimum absolute atomic E-state index is 0.0214. The molecule has 2 unspecified atom stereocenters. The molecule has 0 radical (unpaired) electrons. The first-order chi connectivity index (χ1) is 13.2. The van der Waals surface area contributed by atoms with Gasteiger partial charge in [0.25, 0.3) is 5.69 Å². The molecule has 0 saturated carbocycles. The molecule has 146 valence electrons. The van der Waals surface area contributed by atoms with Gasteiger partial charge in [0.1, 0.15) is 11.6 Å². The van der Waals surface area contributed by atoms with Crippen molar-refractivity contribution in [3.05, 3.63) is 64.2 Å². The first-order valence-electron chi connectivity index (χ1n) is 8.06. The number of nitrogens with one attached hydrogen (secondary N) is 1. The number of nitro benzene ring substituents is 1. The summed E-state index contributed by atoms with van der Waals surface area (Å²) < 4.78 is 45.9. The zero-order chi connectivity index (χ0) is 20.5. The van der Waals surface area contributed by atoms with Gasteiger partial charge in [-0.15, -0.1) is 0 Å². The zero-order valence-corrected chi connectivity index (χ0v) is 14.4. The lowest BCUT2D eigenvalue weighted by molar-refractivity contribution is -0.384. The van der Waals surface area contributed by atoms with Crippen LogP contribution >= 0.6 is 0 Å². The van der Waals surface area contributed by atoms with Crippen molar-refractivity contribution in [2.24, 2.45) is 10.9 Å². The number of nitro groups is 1. The van der Waals surface area contributed by atoms with E-state index in [1.165, 1.54) is 30.3 Å². The van der Waals surface area contributed by atoms with Crippen LogP contribution < -0.4 is 5.32 Å². The van der Waals surface area contributed by atoms with Crippen LogP contribution in [0, 0.1) is 16.0 Å². The number of halogens is 3. The minimum atomic E-state index is -4.89. The Morgan fingerprint density at radius 1 is 1.18 bits per heavy atom. The highest BCUT2D eigenvalue weighted by molar-refractivity contribution is 6.08. The van der Waals surface area contributed by atoms with Crippen LogP contribution in [-0.4, -0.2) is 29.9 Å². The normalized spacial score (nSPS) is 18.9. The van der Waals surface area contributed by atoms with Crippen LogP contribution in [-0.2, 0) is 9.53 Å². The Morgan fingerprint density at radius 2 is 1.82 bits per heavy atom. The molecule has 10 heteroatoms. The molecule has 1 aliphatic heterocycles. The van der Waals surface area contributed by atoms with Gasteiger partial charge in [0.05, 0.1) is 29.4 Å². The van der Waals surface area contributed by atoms with Crippen molar-refractivity contribution in [2.75, 3.05) is 12.4 Å². The van der Waals surface area contributed by atoms with Gasteiger partial charge >= 0.3 is 12.1 Å². The summed E-state index contributed by atoms with van der Waals surface area (Å²) in [7, 11) is 0.987. The Balaban J connectivity index is 2.19. The summed E-state index contributed by atoms with van der Waals surface area (Å²) in [4.78, 5) is 26.3. The van der Waals surface area contributed by atoms with E-state index in [0.717, 1.165) is 19.2 Å². The van der Waals surface area contributed by atoms with Gasteiger partial charge in [0.2, 0.25) is 0 Å². The standard InChI is InChI=1S/C18H14F3N3O4/c1-28-17(25)14-15(10-6-8-11(9-7-10)24(26)27)22-12-4-2-3-5-13(12)23-16(14)18(19,20)21/h2-9,14-15,22H,1H3. The highest BCUT2D eigenvalue weighted by Gasteiger charge is 2.49. The van der Waals surface area contributed by atoms with Crippen LogP contribution in [0.2, 0.25) is 0 Å². The zero-order valence-electron chi connectivity index (χ0n) is 14.4. The highest BCUT2D eigenvalue weighted by atomic mass is 19.4. The van der Waals surface area contributed by atoms with Crippen LogP contribution in [0.15, 0.2) is 53.5 Å². The van der Waals surface area contributed by atoms with E-state index in [4.69, 9.17) is 0 Å². The summed E-state index contributed by atoms with van der Waals surface area (Å²) in [6.07, 6.45) is -4.89. The topological polar surface area (TPSA) is 93.8 Å². The number of methoxy groups -OCH3 is 1. The number of fused-ring (bicyclic) bond motifs is 1. The van der Waals surface area contributed by atoms with Crippen molar-refractivity contribution in [1.29, 1.82) is 0 Å². The number of alkyl halides is 3. The number of aliphatic imine (C=N–C) groups is 1. The van der Waals surface area contributed by atoms with E-state index < -0.39 is 34.7 Å². The fourth-order valence-corrected chi connectivity index (χ4v) is 2.99. The van der Waals surface area contributed by atoms with Crippen molar-refractivity contribution < 1.29 is 27.6 Å². The molecule has 3 rings (SSSR count). The predicted molar refractivity (Wildman–Crippen MR) is 94.6 cm³/mol. The number of hydrogen-bond donors (Lipinski definition) is 1. The SMILES string of the molecule is COC(=O)C1C(C(F)(F)F)=Nc2ccccc2NC1c1ccc([N+](=O)[O-])cc1. The van der Waals surface area contributed by atoms with E-state index >= 15 is 0 Å². The molecule has 2 atom stereocenters. The average Bonchev–Trinajstić information content (AvgIpc) is 2.84. The number of esters is 1. The van der Waals surface area contributed by atoms with E-state index in [0.29, 0.717) is 5.69 Å². The number of anilines is 1. The predicted octanol–water partition coefficient (Wildman–Crippen LogP) is 4.19. The molecule has 1 N–H and O–H groups in total. The van der Waals surface area contributed by atoms with Crippen molar-refractivity contribution in [2.45, 2.75) is 12.2 Å². The number of rotatable bonds is 3. The van der Waals surface area contributed by atoms with Gasteiger partial charge in [-0.2, -0.15) is 13.2 Å². The first-order valence-corrected chi connectivity index (χ1v) is 8.06. The summed E-state index contributed by atoms with van der Waals surface area (Å²) in [5, 5.41) is 13.8. The van der Waals surface area contributed by atoms with Gasteiger partial charge < -0.3 is 10.1 Å². The summed E-state index contributed by atoms with van der Waals surface area (Å²) in [6.45, 7) is 0. The maximum absolute atomic E-state index is 13.8. The van der Waals surface area contributed by atoms with Crippen LogP contribution in [0.4, 0.5) is 30.2 Å². The van der Waals surface area contributed by atoms with Crippen LogP contribution in [0.25, 0.3) is 0 Å². The fourth-order valence-electron chi connectivity index (χ4n) is 2.99. The van der Waals surface area contributed by atoms with E-state index in [1.807, 2.05) is 0 Å². The molecule has 0 aromatic heterocycles. The molecular formula is C18H14F3N3O4. The third-order valence-corrected chi connectivity index (χ3v) is 4.29. The number of benzene rings is 2. The largest absolute Gasteiger partial charge is 0.468 e. The molecule has 0 aliphatic carbocycles. The molecular weight excluding hydrogens is 379 g/mol. The summed E-state index contributed by atoms with van der Waals surface area (Å²) in [6, 6.07) is 9.78. The summed E-state index contributed by atoms with van der Waals surface area (Å²) in [5.74, 6) is -2.93. The Labute approximate surface area is 157 Å². The lowest BCUT2D eigenvalue weighted by atomic mass is 9.88. The molecule has 0 bridgehead atoms. The van der Waals surface area contributed by atoms with E-state index in [-0.39, 0.29) is 16.9 Å². The van der Waals surface area contributed by atoms with Gasteiger partial charge in [-0.1, -0.05) is 24.3 Å². The Morgan fingerprint density at radius 3 is 2.39 bits per heavy atom. The fraction of sp³-hybridized carbons (Fsp3) is 0.222. The van der Waals surface area contributed by atoms with E-state index in [9.17, 15) is 28.1 Å². The smallest absolute Gasteiger partial charge is 0.430 e. The molecule has 0 fully saturated rings. The second-order valence-corrected chi connectivity index (χ2v) is 5.98.